The summed E-state index contributed by atoms with van der Waals surface area (Å²) in [6.07, 6.45) is 0. The zero-order valence-corrected chi connectivity index (χ0v) is 16.0. The minimum Gasteiger partial charge on any atom is -0.493 e. The van der Waals surface area contributed by atoms with E-state index in [0.717, 1.165) is 31.2 Å². The van der Waals surface area contributed by atoms with Gasteiger partial charge in [0.1, 0.15) is 17.3 Å². The van der Waals surface area contributed by atoms with Crippen LogP contribution in [0, 0.1) is 0 Å². The fourth-order valence-electron chi connectivity index (χ4n) is 2.74. The summed E-state index contributed by atoms with van der Waals surface area (Å²) in [4.78, 5) is 21.1. The second-order valence-electron chi connectivity index (χ2n) is 6.00. The number of carbonyl (C=O) groups excluding carboxylic acids is 1. The second kappa shape index (κ2) is 8.37. The van der Waals surface area contributed by atoms with Gasteiger partial charge in [-0.2, -0.15) is 0 Å². The van der Waals surface area contributed by atoms with Crippen LogP contribution in [-0.4, -0.2) is 68.1 Å². The maximum atomic E-state index is 12.6. The molecule has 0 atom stereocenters. The van der Waals surface area contributed by atoms with E-state index in [0.29, 0.717) is 22.9 Å². The summed E-state index contributed by atoms with van der Waals surface area (Å²) in [7, 11) is 5.22. The van der Waals surface area contributed by atoms with Crippen LogP contribution in [0.15, 0.2) is 23.6 Å². The van der Waals surface area contributed by atoms with E-state index in [1.165, 1.54) is 11.3 Å². The molecule has 0 saturated carbocycles. The quantitative estimate of drug-likeness (QED) is 0.768. The van der Waals surface area contributed by atoms with Crippen molar-refractivity contribution in [2.45, 2.75) is 6.61 Å². The van der Waals surface area contributed by atoms with E-state index in [-0.39, 0.29) is 12.5 Å². The number of para-hydroxylation sites is 1. The molecule has 140 valence electrons. The Morgan fingerprint density at radius 3 is 2.42 bits per heavy atom. The molecule has 1 aromatic heterocycles. The highest BCUT2D eigenvalue weighted by Crippen LogP contribution is 2.37. The van der Waals surface area contributed by atoms with Gasteiger partial charge < -0.3 is 24.0 Å². The predicted molar refractivity (Wildman–Crippen MR) is 99.4 cm³/mol. The van der Waals surface area contributed by atoms with Crippen LogP contribution >= 0.6 is 11.3 Å². The highest BCUT2D eigenvalue weighted by Gasteiger charge is 2.22. The highest BCUT2D eigenvalue weighted by molar-refractivity contribution is 7.09. The largest absolute Gasteiger partial charge is 0.493 e. The lowest BCUT2D eigenvalue weighted by Gasteiger charge is -2.31. The molecule has 2 aromatic rings. The van der Waals surface area contributed by atoms with E-state index in [1.54, 1.807) is 19.6 Å². The monoisotopic (exact) mass is 377 g/mol. The van der Waals surface area contributed by atoms with E-state index in [1.807, 2.05) is 23.1 Å². The van der Waals surface area contributed by atoms with Crippen LogP contribution in [-0.2, 0) is 6.61 Å². The molecule has 0 bridgehead atoms. The summed E-state index contributed by atoms with van der Waals surface area (Å²) in [6, 6.07) is 5.45. The van der Waals surface area contributed by atoms with Gasteiger partial charge in [0.2, 0.25) is 5.75 Å². The molecule has 2 heterocycles. The molecular weight excluding hydrogens is 354 g/mol. The van der Waals surface area contributed by atoms with Gasteiger partial charge in [-0.1, -0.05) is 6.07 Å². The zero-order valence-electron chi connectivity index (χ0n) is 15.2. The molecule has 1 aromatic carbocycles. The number of methoxy groups -OCH3 is 2. The average molecular weight is 377 g/mol. The number of nitrogens with zero attached hydrogens (tertiary/aromatic N) is 3. The standard InChI is InChI=1S/C18H23N3O4S/c1-20-7-9-21(10-8-20)18(22)13-12-26-16(19-13)11-25-17-14(23-2)5-4-6-15(17)24-3/h4-6,12H,7-11H2,1-3H3. The summed E-state index contributed by atoms with van der Waals surface area (Å²) in [5, 5.41) is 2.52. The Bertz CT molecular complexity index is 734. The van der Waals surface area contributed by atoms with E-state index in [2.05, 4.69) is 16.9 Å². The van der Waals surface area contributed by atoms with Gasteiger partial charge in [-0.05, 0) is 19.2 Å². The van der Waals surface area contributed by atoms with Crippen LogP contribution in [0.25, 0.3) is 0 Å². The van der Waals surface area contributed by atoms with E-state index in [4.69, 9.17) is 14.2 Å². The number of hydrogen-bond donors (Lipinski definition) is 0. The van der Waals surface area contributed by atoms with Crippen LogP contribution in [0.4, 0.5) is 0 Å². The van der Waals surface area contributed by atoms with Crippen LogP contribution in [0.2, 0.25) is 0 Å². The topological polar surface area (TPSA) is 64.1 Å². The molecule has 0 spiro atoms. The van der Waals surface area contributed by atoms with Gasteiger partial charge >= 0.3 is 0 Å². The number of piperazine rings is 1. The van der Waals surface area contributed by atoms with Gasteiger partial charge in [0.05, 0.1) is 14.2 Å². The molecule has 3 rings (SSSR count). The lowest BCUT2D eigenvalue weighted by molar-refractivity contribution is 0.0658. The Hall–Kier alpha value is -2.32. The maximum absolute atomic E-state index is 12.6. The van der Waals surface area contributed by atoms with Crippen molar-refractivity contribution in [1.82, 2.24) is 14.8 Å². The first-order valence-electron chi connectivity index (χ1n) is 8.38. The number of ether oxygens (including phenoxy) is 3. The molecule has 1 amide bonds. The van der Waals surface area contributed by atoms with Crippen molar-refractivity contribution in [3.63, 3.8) is 0 Å². The molecule has 0 unspecified atom stereocenters. The number of carbonyl (C=O) groups is 1. The van der Waals surface area contributed by atoms with Gasteiger partial charge in [0.25, 0.3) is 5.91 Å². The Kier molecular flexibility index (Phi) is 5.95. The summed E-state index contributed by atoms with van der Waals surface area (Å²) >= 11 is 1.41. The second-order valence-corrected chi connectivity index (χ2v) is 6.94. The molecule has 0 aliphatic carbocycles. The van der Waals surface area contributed by atoms with Crippen LogP contribution in [0.5, 0.6) is 17.2 Å². The Morgan fingerprint density at radius 1 is 1.15 bits per heavy atom. The number of thiazole rings is 1. The number of likely N-dealkylation sites (N-methyl/N-ethyl adjacent to an activating group) is 1. The average Bonchev–Trinajstić information content (AvgIpc) is 3.15. The van der Waals surface area contributed by atoms with E-state index < -0.39 is 0 Å². The molecule has 1 aliphatic heterocycles. The predicted octanol–water partition coefficient (Wildman–Crippen LogP) is 2.13. The van der Waals surface area contributed by atoms with Crippen LogP contribution in [0.1, 0.15) is 15.5 Å². The fraction of sp³-hybridized carbons (Fsp3) is 0.444. The molecule has 7 nitrogen and oxygen atoms in total. The molecule has 1 saturated heterocycles. The smallest absolute Gasteiger partial charge is 0.273 e. The maximum Gasteiger partial charge on any atom is 0.273 e. The van der Waals surface area contributed by atoms with Gasteiger partial charge in [0, 0.05) is 31.6 Å². The van der Waals surface area contributed by atoms with E-state index in [9.17, 15) is 4.79 Å². The molecule has 26 heavy (non-hydrogen) atoms. The van der Waals surface area contributed by atoms with Crippen molar-refractivity contribution < 1.29 is 19.0 Å². The first kappa shape index (κ1) is 18.5. The molecule has 1 aliphatic rings. The summed E-state index contributed by atoms with van der Waals surface area (Å²) in [5.41, 5.74) is 0.477. The van der Waals surface area contributed by atoms with Crippen molar-refractivity contribution in [2.24, 2.45) is 0 Å². The third kappa shape index (κ3) is 4.08. The van der Waals surface area contributed by atoms with Crippen molar-refractivity contribution in [1.29, 1.82) is 0 Å². The minimum absolute atomic E-state index is 0.0181. The highest BCUT2D eigenvalue weighted by atomic mass is 32.1. The first-order chi connectivity index (χ1) is 12.6. The summed E-state index contributed by atoms with van der Waals surface area (Å²) in [5.74, 6) is 1.69. The Morgan fingerprint density at radius 2 is 1.81 bits per heavy atom. The summed E-state index contributed by atoms with van der Waals surface area (Å²) < 4.78 is 16.5. The first-order valence-corrected chi connectivity index (χ1v) is 9.26. The van der Waals surface area contributed by atoms with Gasteiger partial charge in [-0.3, -0.25) is 4.79 Å². The fourth-order valence-corrected chi connectivity index (χ4v) is 3.42. The Labute approximate surface area is 157 Å². The molecular formula is C18H23N3O4S. The normalized spacial score (nSPS) is 15.0. The van der Waals surface area contributed by atoms with E-state index >= 15 is 0 Å². The molecule has 1 fully saturated rings. The Balaban J connectivity index is 1.65. The summed E-state index contributed by atoms with van der Waals surface area (Å²) in [6.45, 7) is 3.49. The third-order valence-corrected chi connectivity index (χ3v) is 5.11. The zero-order chi connectivity index (χ0) is 18.5. The number of hydrogen-bond acceptors (Lipinski definition) is 7. The SMILES string of the molecule is COc1cccc(OC)c1OCc1nc(C(=O)N2CCN(C)CC2)cs1. The molecule has 0 radical (unpaired) electrons. The minimum atomic E-state index is -0.0181. The van der Waals surface area contributed by atoms with Crippen LogP contribution in [0.3, 0.4) is 0 Å². The number of rotatable bonds is 6. The molecule has 8 heteroatoms. The van der Waals surface area contributed by atoms with Crippen molar-refractivity contribution >= 4 is 17.2 Å². The van der Waals surface area contributed by atoms with Crippen molar-refractivity contribution in [3.8, 4) is 17.2 Å². The van der Waals surface area contributed by atoms with Gasteiger partial charge in [-0.25, -0.2) is 4.98 Å². The lowest BCUT2D eigenvalue weighted by Crippen LogP contribution is -2.47. The molecule has 0 N–H and O–H groups in total. The van der Waals surface area contributed by atoms with Gasteiger partial charge in [-0.15, -0.1) is 11.3 Å². The number of amides is 1. The van der Waals surface area contributed by atoms with Crippen LogP contribution < -0.4 is 14.2 Å². The van der Waals surface area contributed by atoms with Crippen molar-refractivity contribution in [3.05, 3.63) is 34.3 Å². The van der Waals surface area contributed by atoms with Crippen molar-refractivity contribution in [2.75, 3.05) is 47.4 Å². The number of benzene rings is 1. The van der Waals surface area contributed by atoms with Gasteiger partial charge in [0.15, 0.2) is 11.5 Å². The third-order valence-electron chi connectivity index (χ3n) is 4.28. The number of aromatic nitrogens is 1. The lowest BCUT2D eigenvalue weighted by atomic mass is 10.3.